The number of anilines is 1. The molecule has 1 unspecified atom stereocenters. The lowest BCUT2D eigenvalue weighted by Gasteiger charge is -2.17. The Bertz CT molecular complexity index is 764. The third-order valence-electron chi connectivity index (χ3n) is 2.95. The summed E-state index contributed by atoms with van der Waals surface area (Å²) in [5.41, 5.74) is 0.628. The van der Waals surface area contributed by atoms with Crippen LogP contribution in [0.25, 0.3) is 0 Å². The monoisotopic (exact) mass is 392 g/mol. The molecule has 6 nitrogen and oxygen atoms in total. The van der Waals surface area contributed by atoms with Crippen molar-refractivity contribution in [2.75, 3.05) is 5.32 Å². The van der Waals surface area contributed by atoms with Crippen molar-refractivity contribution in [3.05, 3.63) is 39.9 Å². The van der Waals surface area contributed by atoms with E-state index in [1.807, 2.05) is 0 Å². The van der Waals surface area contributed by atoms with Crippen LogP contribution < -0.4 is 10.6 Å². The molecule has 2 rings (SSSR count). The zero-order chi connectivity index (χ0) is 18.6. The number of amides is 2. The van der Waals surface area contributed by atoms with Crippen molar-refractivity contribution in [1.82, 2.24) is 15.5 Å². The third-order valence-corrected chi connectivity index (χ3v) is 4.09. The van der Waals surface area contributed by atoms with E-state index in [1.165, 1.54) is 6.92 Å². The number of hydrogen-bond donors (Lipinski definition) is 2. The Morgan fingerprint density at radius 3 is 2.40 bits per heavy atom. The van der Waals surface area contributed by atoms with Crippen LogP contribution in [-0.4, -0.2) is 22.0 Å². The highest BCUT2D eigenvalue weighted by molar-refractivity contribution is 7.15. The van der Waals surface area contributed by atoms with Crippen molar-refractivity contribution >= 4 is 39.9 Å². The molecule has 0 radical (unpaired) electrons. The zero-order valence-electron chi connectivity index (χ0n) is 12.7. The largest absolute Gasteiger partial charge is 0.445 e. The van der Waals surface area contributed by atoms with Crippen LogP contribution in [0.5, 0.6) is 0 Å². The first-order chi connectivity index (χ1) is 11.6. The van der Waals surface area contributed by atoms with Crippen molar-refractivity contribution in [2.24, 2.45) is 0 Å². The molecule has 2 amide bonds. The molecular weight excluding hydrogens is 381 g/mol. The molecular formula is C14H12ClF3N4O2S. The van der Waals surface area contributed by atoms with Crippen molar-refractivity contribution in [2.45, 2.75) is 25.6 Å². The SMILES string of the molecule is CC(=O)NC(CC(=O)Nc1nnc(C(F)(F)F)s1)c1ccc(Cl)cc1. The standard InChI is InChI=1S/C14H12ClF3N4O2S/c1-7(23)19-10(8-2-4-9(15)5-3-8)6-11(24)20-13-22-21-12(25-13)14(16,17)18/h2-5,10H,6H2,1H3,(H,19,23)(H,20,22,24). The molecule has 1 aromatic carbocycles. The molecule has 1 atom stereocenters. The smallest absolute Gasteiger partial charge is 0.349 e. The second kappa shape index (κ2) is 7.79. The van der Waals surface area contributed by atoms with Crippen LogP contribution in [0.4, 0.5) is 18.3 Å². The highest BCUT2D eigenvalue weighted by atomic mass is 35.5. The molecule has 1 heterocycles. The van der Waals surface area contributed by atoms with Crippen molar-refractivity contribution in [3.63, 3.8) is 0 Å². The maximum Gasteiger partial charge on any atom is 0.445 e. The van der Waals surface area contributed by atoms with E-state index in [9.17, 15) is 22.8 Å². The molecule has 2 N–H and O–H groups in total. The van der Waals surface area contributed by atoms with Crippen LogP contribution in [-0.2, 0) is 15.8 Å². The predicted octanol–water partition coefficient (Wildman–Crippen LogP) is 3.42. The van der Waals surface area contributed by atoms with Gasteiger partial charge in [0.25, 0.3) is 0 Å². The quantitative estimate of drug-likeness (QED) is 0.816. The maximum absolute atomic E-state index is 12.5. The van der Waals surface area contributed by atoms with Crippen LogP contribution in [0.15, 0.2) is 24.3 Å². The van der Waals surface area contributed by atoms with Crippen LogP contribution in [0.1, 0.15) is 30.0 Å². The lowest BCUT2D eigenvalue weighted by molar-refractivity contribution is -0.138. The maximum atomic E-state index is 12.5. The summed E-state index contributed by atoms with van der Waals surface area (Å²) in [6.07, 6.45) is -4.81. The minimum atomic E-state index is -4.62. The Balaban J connectivity index is 2.07. The molecule has 0 fully saturated rings. The molecule has 0 aliphatic rings. The topological polar surface area (TPSA) is 84.0 Å². The Morgan fingerprint density at radius 2 is 1.88 bits per heavy atom. The van der Waals surface area contributed by atoms with E-state index in [2.05, 4.69) is 20.8 Å². The Labute approximate surface area is 149 Å². The van der Waals surface area contributed by atoms with Crippen LogP contribution >= 0.6 is 22.9 Å². The van der Waals surface area contributed by atoms with Crippen LogP contribution in [0.3, 0.4) is 0 Å². The summed E-state index contributed by atoms with van der Waals surface area (Å²) in [5, 5.41) is 10.2. The first kappa shape index (κ1) is 19.1. The van der Waals surface area contributed by atoms with Gasteiger partial charge in [-0.2, -0.15) is 13.2 Å². The lowest BCUT2D eigenvalue weighted by atomic mass is 10.0. The number of carbonyl (C=O) groups excluding carboxylic acids is 2. The summed E-state index contributed by atoms with van der Waals surface area (Å²) in [5.74, 6) is -0.971. The Kier molecular flexibility index (Phi) is 5.96. The van der Waals surface area contributed by atoms with Crippen molar-refractivity contribution in [3.8, 4) is 0 Å². The van der Waals surface area contributed by atoms with Crippen LogP contribution in [0, 0.1) is 0 Å². The van der Waals surface area contributed by atoms with Crippen molar-refractivity contribution < 1.29 is 22.8 Å². The zero-order valence-corrected chi connectivity index (χ0v) is 14.3. The molecule has 0 saturated heterocycles. The number of hydrogen-bond acceptors (Lipinski definition) is 5. The molecule has 1 aromatic heterocycles. The van der Waals surface area contributed by atoms with Gasteiger partial charge >= 0.3 is 6.18 Å². The molecule has 0 aliphatic heterocycles. The number of carbonyl (C=O) groups is 2. The summed E-state index contributed by atoms with van der Waals surface area (Å²) >= 11 is 6.02. The minimum Gasteiger partial charge on any atom is -0.349 e. The highest BCUT2D eigenvalue weighted by Crippen LogP contribution is 2.33. The van der Waals surface area contributed by atoms with E-state index in [0.29, 0.717) is 10.6 Å². The van der Waals surface area contributed by atoms with E-state index in [1.54, 1.807) is 24.3 Å². The van der Waals surface area contributed by atoms with E-state index in [0.717, 1.165) is 0 Å². The number of rotatable bonds is 5. The second-order valence-corrected chi connectivity index (χ2v) is 6.38. The summed E-state index contributed by atoms with van der Waals surface area (Å²) in [7, 11) is 0. The van der Waals surface area contributed by atoms with Gasteiger partial charge < -0.3 is 10.6 Å². The normalized spacial score (nSPS) is 12.5. The van der Waals surface area contributed by atoms with Gasteiger partial charge in [-0.1, -0.05) is 35.1 Å². The highest BCUT2D eigenvalue weighted by Gasteiger charge is 2.35. The third kappa shape index (κ3) is 5.68. The number of nitrogens with zero attached hydrogens (tertiary/aromatic N) is 2. The Morgan fingerprint density at radius 1 is 1.24 bits per heavy atom. The van der Waals surface area contributed by atoms with Gasteiger partial charge in [0.2, 0.25) is 22.0 Å². The van der Waals surface area contributed by atoms with Crippen LogP contribution in [0.2, 0.25) is 5.02 Å². The first-order valence-electron chi connectivity index (χ1n) is 6.88. The van der Waals surface area contributed by atoms with Gasteiger partial charge in [0.1, 0.15) is 0 Å². The van der Waals surface area contributed by atoms with Gasteiger partial charge in [0, 0.05) is 11.9 Å². The summed E-state index contributed by atoms with van der Waals surface area (Å²) in [6, 6.07) is 5.82. The number of halogens is 4. The number of benzene rings is 1. The molecule has 2 aromatic rings. The predicted molar refractivity (Wildman–Crippen MR) is 86.2 cm³/mol. The van der Waals surface area contributed by atoms with Gasteiger partial charge in [-0.15, -0.1) is 10.2 Å². The summed E-state index contributed by atoms with van der Waals surface area (Å²) < 4.78 is 37.4. The van der Waals surface area contributed by atoms with Gasteiger partial charge in [-0.25, -0.2) is 0 Å². The molecule has 0 spiro atoms. The molecule has 134 valence electrons. The Hall–Kier alpha value is -2.20. The van der Waals surface area contributed by atoms with Gasteiger partial charge in [0.15, 0.2) is 0 Å². The lowest BCUT2D eigenvalue weighted by Crippen LogP contribution is -2.29. The van der Waals surface area contributed by atoms with E-state index in [4.69, 9.17) is 11.6 Å². The molecule has 0 bridgehead atoms. The number of nitrogens with one attached hydrogen (secondary N) is 2. The van der Waals surface area contributed by atoms with Gasteiger partial charge in [-0.3, -0.25) is 9.59 Å². The molecule has 25 heavy (non-hydrogen) atoms. The molecule has 11 heteroatoms. The summed E-state index contributed by atoms with van der Waals surface area (Å²) in [6.45, 7) is 1.29. The average Bonchev–Trinajstić information content (AvgIpc) is 2.95. The van der Waals surface area contributed by atoms with E-state index in [-0.39, 0.29) is 28.8 Å². The fraction of sp³-hybridized carbons (Fsp3) is 0.286. The minimum absolute atomic E-state index is 0.192. The first-order valence-corrected chi connectivity index (χ1v) is 8.07. The molecule has 0 aliphatic carbocycles. The fourth-order valence-electron chi connectivity index (χ4n) is 1.94. The fourth-order valence-corrected chi connectivity index (χ4v) is 2.69. The van der Waals surface area contributed by atoms with Gasteiger partial charge in [-0.05, 0) is 17.7 Å². The van der Waals surface area contributed by atoms with Crippen molar-refractivity contribution in [1.29, 1.82) is 0 Å². The number of alkyl halides is 3. The van der Waals surface area contributed by atoms with E-state index < -0.39 is 23.1 Å². The average molecular weight is 393 g/mol. The van der Waals surface area contributed by atoms with E-state index >= 15 is 0 Å². The van der Waals surface area contributed by atoms with Gasteiger partial charge in [0.05, 0.1) is 12.5 Å². The second-order valence-electron chi connectivity index (χ2n) is 4.97. The molecule has 0 saturated carbocycles. The summed E-state index contributed by atoms with van der Waals surface area (Å²) in [4.78, 5) is 23.4. The number of aromatic nitrogens is 2.